The van der Waals surface area contributed by atoms with Crippen LogP contribution in [0.2, 0.25) is 5.02 Å². The van der Waals surface area contributed by atoms with Gasteiger partial charge in [-0.2, -0.15) is 0 Å². The van der Waals surface area contributed by atoms with E-state index in [1.54, 1.807) is 24.3 Å². The molecule has 1 aromatic rings. The van der Waals surface area contributed by atoms with Crippen LogP contribution >= 0.6 is 23.4 Å². The summed E-state index contributed by atoms with van der Waals surface area (Å²) in [6.45, 7) is 0.474. The van der Waals surface area contributed by atoms with Crippen molar-refractivity contribution in [2.75, 3.05) is 18.1 Å². The fourth-order valence-electron chi connectivity index (χ4n) is 2.36. The molecule has 2 rings (SSSR count). The number of benzene rings is 1. The Hall–Kier alpha value is -1.53. The third-order valence-corrected chi connectivity index (χ3v) is 4.65. The summed E-state index contributed by atoms with van der Waals surface area (Å²) >= 11 is 6.96. The maximum absolute atomic E-state index is 12.0. The van der Waals surface area contributed by atoms with Crippen molar-refractivity contribution in [1.29, 1.82) is 0 Å². The van der Waals surface area contributed by atoms with E-state index in [1.807, 2.05) is 0 Å². The Labute approximate surface area is 137 Å². The number of nitrogens with zero attached hydrogens (tertiary/aromatic N) is 1. The van der Waals surface area contributed by atoms with Gasteiger partial charge in [-0.3, -0.25) is 9.59 Å². The van der Waals surface area contributed by atoms with Gasteiger partial charge < -0.3 is 10.0 Å². The molecule has 118 valence electrons. The Kier molecular flexibility index (Phi) is 5.85. The highest BCUT2D eigenvalue weighted by Gasteiger charge is 2.33. The fraction of sp³-hybridized carbons (Fsp3) is 0.400. The molecule has 1 atom stereocenters. The van der Waals surface area contributed by atoms with Crippen LogP contribution in [0.1, 0.15) is 23.2 Å². The smallest absolute Gasteiger partial charge is 0.326 e. The lowest BCUT2D eigenvalue weighted by Gasteiger charge is -2.21. The fourth-order valence-corrected chi connectivity index (χ4v) is 3.28. The Morgan fingerprint density at radius 2 is 1.91 bits per heavy atom. The number of hydrogen-bond acceptors (Lipinski definition) is 4. The van der Waals surface area contributed by atoms with Crippen LogP contribution in [0.15, 0.2) is 24.3 Å². The molecule has 5 nitrogen and oxygen atoms in total. The summed E-state index contributed by atoms with van der Waals surface area (Å²) in [4.78, 5) is 36.4. The van der Waals surface area contributed by atoms with Gasteiger partial charge in [0.05, 0.1) is 11.5 Å². The second-order valence-electron chi connectivity index (χ2n) is 5.01. The number of carboxylic acids is 1. The van der Waals surface area contributed by atoms with E-state index < -0.39 is 12.0 Å². The highest BCUT2D eigenvalue weighted by Crippen LogP contribution is 2.19. The van der Waals surface area contributed by atoms with E-state index in [0.717, 1.165) is 0 Å². The lowest BCUT2D eigenvalue weighted by atomic mass is 10.1. The van der Waals surface area contributed by atoms with Crippen LogP contribution in [0.4, 0.5) is 0 Å². The third-order valence-electron chi connectivity index (χ3n) is 3.48. The molecule has 22 heavy (non-hydrogen) atoms. The van der Waals surface area contributed by atoms with E-state index in [1.165, 1.54) is 16.7 Å². The molecule has 0 saturated carbocycles. The molecule has 1 aromatic carbocycles. The highest BCUT2D eigenvalue weighted by atomic mass is 35.5. The number of carbonyl (C=O) groups excluding carboxylic acids is 2. The maximum Gasteiger partial charge on any atom is 0.326 e. The lowest BCUT2D eigenvalue weighted by Crippen LogP contribution is -2.41. The second-order valence-corrected chi connectivity index (χ2v) is 6.43. The Morgan fingerprint density at radius 3 is 2.55 bits per heavy atom. The number of halogens is 1. The first kappa shape index (κ1) is 16.8. The minimum atomic E-state index is -0.965. The van der Waals surface area contributed by atoms with Gasteiger partial charge in [-0.15, -0.1) is 11.8 Å². The Bertz CT molecular complexity index is 575. The third kappa shape index (κ3) is 4.24. The van der Waals surface area contributed by atoms with Gasteiger partial charge in [0.25, 0.3) is 0 Å². The topological polar surface area (TPSA) is 74.7 Å². The molecule has 0 aromatic heterocycles. The molecule has 1 N–H and O–H groups in total. The summed E-state index contributed by atoms with van der Waals surface area (Å²) in [7, 11) is 0. The van der Waals surface area contributed by atoms with Crippen molar-refractivity contribution < 1.29 is 19.5 Å². The number of Topliss-reactive ketones (excluding diaryl/α,β-unsaturated/α-hetero) is 1. The number of carbonyl (C=O) groups is 3. The molecule has 0 unspecified atom stereocenters. The molecule has 7 heteroatoms. The quantitative estimate of drug-likeness (QED) is 0.804. The molecular formula is C15H16ClNO4S. The number of aliphatic carboxylic acids is 1. The number of ketones is 1. The largest absolute Gasteiger partial charge is 0.480 e. The summed E-state index contributed by atoms with van der Waals surface area (Å²) in [5, 5.41) is 9.61. The molecule has 1 heterocycles. The molecular weight excluding hydrogens is 326 g/mol. The summed E-state index contributed by atoms with van der Waals surface area (Å²) in [5.41, 5.74) is 0.550. The first-order valence-corrected chi connectivity index (χ1v) is 8.41. The van der Waals surface area contributed by atoms with Gasteiger partial charge in [0.2, 0.25) is 5.91 Å². The molecule has 0 aliphatic carbocycles. The molecule has 0 bridgehead atoms. The van der Waals surface area contributed by atoms with E-state index in [2.05, 4.69) is 0 Å². The predicted octanol–water partition coefficient (Wildman–Crippen LogP) is 2.33. The van der Waals surface area contributed by atoms with Gasteiger partial charge in [0, 0.05) is 17.1 Å². The maximum atomic E-state index is 12.0. The number of carboxylic acid groups (broad SMARTS) is 1. The van der Waals surface area contributed by atoms with Crippen LogP contribution in [-0.2, 0) is 9.59 Å². The SMILES string of the molecule is O=C(CSCC(=O)N1CCC[C@H]1C(=O)O)c1ccc(Cl)cc1. The Morgan fingerprint density at radius 1 is 1.23 bits per heavy atom. The average Bonchev–Trinajstić information content (AvgIpc) is 2.97. The summed E-state index contributed by atoms with van der Waals surface area (Å²) < 4.78 is 0. The molecule has 1 aliphatic rings. The number of thioether (sulfide) groups is 1. The van der Waals surface area contributed by atoms with Gasteiger partial charge in [0.1, 0.15) is 6.04 Å². The number of rotatable bonds is 6. The van der Waals surface area contributed by atoms with Crippen molar-refractivity contribution in [1.82, 2.24) is 4.90 Å². The van der Waals surface area contributed by atoms with Crippen molar-refractivity contribution in [3.8, 4) is 0 Å². The number of likely N-dealkylation sites (tertiary alicyclic amines) is 1. The molecule has 1 saturated heterocycles. The van der Waals surface area contributed by atoms with Crippen LogP contribution in [0, 0.1) is 0 Å². The van der Waals surface area contributed by atoms with Crippen LogP contribution in [0.3, 0.4) is 0 Å². The number of hydrogen-bond donors (Lipinski definition) is 1. The molecule has 1 amide bonds. The van der Waals surface area contributed by atoms with Gasteiger partial charge >= 0.3 is 5.97 Å². The van der Waals surface area contributed by atoms with Gasteiger partial charge in [0.15, 0.2) is 5.78 Å². The predicted molar refractivity (Wildman–Crippen MR) is 85.5 cm³/mol. The first-order chi connectivity index (χ1) is 10.5. The van der Waals surface area contributed by atoms with E-state index in [9.17, 15) is 14.4 Å². The monoisotopic (exact) mass is 341 g/mol. The lowest BCUT2D eigenvalue weighted by molar-refractivity contribution is -0.147. The normalized spacial score (nSPS) is 17.5. The summed E-state index contributed by atoms with van der Waals surface area (Å²) in [5.74, 6) is -0.972. The molecule has 1 aliphatic heterocycles. The first-order valence-electron chi connectivity index (χ1n) is 6.88. The van der Waals surface area contributed by atoms with Crippen molar-refractivity contribution in [3.63, 3.8) is 0 Å². The highest BCUT2D eigenvalue weighted by molar-refractivity contribution is 8.00. The molecule has 1 fully saturated rings. The van der Waals surface area contributed by atoms with E-state index in [-0.39, 0.29) is 23.2 Å². The number of amides is 1. The van der Waals surface area contributed by atoms with Gasteiger partial charge in [-0.25, -0.2) is 4.79 Å². The van der Waals surface area contributed by atoms with Gasteiger partial charge in [-0.1, -0.05) is 11.6 Å². The zero-order valence-corrected chi connectivity index (χ0v) is 13.4. The van der Waals surface area contributed by atoms with E-state index in [0.29, 0.717) is 30.0 Å². The van der Waals surface area contributed by atoms with E-state index >= 15 is 0 Å². The minimum Gasteiger partial charge on any atom is -0.480 e. The van der Waals surface area contributed by atoms with Crippen LogP contribution in [0.5, 0.6) is 0 Å². The zero-order valence-electron chi connectivity index (χ0n) is 11.8. The standard InChI is InChI=1S/C15H16ClNO4S/c16-11-5-3-10(4-6-11)13(18)8-22-9-14(19)17-7-1-2-12(17)15(20)21/h3-6,12H,1-2,7-9H2,(H,20,21)/t12-/m0/s1. The van der Waals surface area contributed by atoms with Crippen molar-refractivity contribution in [2.24, 2.45) is 0 Å². The van der Waals surface area contributed by atoms with Gasteiger partial charge in [-0.05, 0) is 37.1 Å². The van der Waals surface area contributed by atoms with Crippen molar-refractivity contribution >= 4 is 41.0 Å². The summed E-state index contributed by atoms with van der Waals surface area (Å²) in [6, 6.07) is 5.86. The zero-order chi connectivity index (χ0) is 16.1. The second kappa shape index (κ2) is 7.65. The van der Waals surface area contributed by atoms with Crippen LogP contribution in [-0.4, -0.2) is 51.8 Å². The minimum absolute atomic E-state index is 0.0781. The van der Waals surface area contributed by atoms with Crippen molar-refractivity contribution in [2.45, 2.75) is 18.9 Å². The van der Waals surface area contributed by atoms with E-state index in [4.69, 9.17) is 16.7 Å². The molecule has 0 radical (unpaired) electrons. The molecule has 0 spiro atoms. The Balaban J connectivity index is 1.80. The van der Waals surface area contributed by atoms with Crippen molar-refractivity contribution in [3.05, 3.63) is 34.9 Å². The van der Waals surface area contributed by atoms with Crippen LogP contribution in [0.25, 0.3) is 0 Å². The summed E-state index contributed by atoms with van der Waals surface area (Å²) in [6.07, 6.45) is 1.20. The van der Waals surface area contributed by atoms with Crippen LogP contribution < -0.4 is 0 Å². The average molecular weight is 342 g/mol.